The second kappa shape index (κ2) is 6.34. The van der Waals surface area contributed by atoms with Gasteiger partial charge in [-0.25, -0.2) is 4.39 Å². The van der Waals surface area contributed by atoms with Crippen molar-refractivity contribution in [2.45, 2.75) is 19.9 Å². The summed E-state index contributed by atoms with van der Waals surface area (Å²) in [6.45, 7) is 5.64. The van der Waals surface area contributed by atoms with Crippen LogP contribution >= 0.6 is 11.6 Å². The lowest BCUT2D eigenvalue weighted by Crippen LogP contribution is -2.33. The predicted molar refractivity (Wildman–Crippen MR) is 70.7 cm³/mol. The lowest BCUT2D eigenvalue weighted by Gasteiger charge is -2.29. The smallest absolute Gasteiger partial charge is 0.125 e. The Morgan fingerprint density at radius 2 is 2.00 bits per heavy atom. The molecule has 1 aromatic rings. The van der Waals surface area contributed by atoms with E-state index >= 15 is 0 Å². The van der Waals surface area contributed by atoms with E-state index in [1.165, 1.54) is 12.1 Å². The highest BCUT2D eigenvalue weighted by Crippen LogP contribution is 2.23. The molecule has 0 saturated heterocycles. The third-order valence-electron chi connectivity index (χ3n) is 2.68. The van der Waals surface area contributed by atoms with Gasteiger partial charge < -0.3 is 5.73 Å². The van der Waals surface area contributed by atoms with Crippen molar-refractivity contribution in [1.29, 1.82) is 0 Å². The van der Waals surface area contributed by atoms with Crippen molar-refractivity contribution in [3.05, 3.63) is 34.6 Å². The van der Waals surface area contributed by atoms with Crippen LogP contribution < -0.4 is 5.73 Å². The zero-order valence-electron chi connectivity index (χ0n) is 10.6. The first-order chi connectivity index (χ1) is 7.93. The Balaban J connectivity index is 2.92. The van der Waals surface area contributed by atoms with E-state index in [1.54, 1.807) is 6.07 Å². The first-order valence-electron chi connectivity index (χ1n) is 5.80. The second-order valence-corrected chi connectivity index (χ2v) is 5.22. The predicted octanol–water partition coefficient (Wildman–Crippen LogP) is 3.07. The molecule has 0 aromatic heterocycles. The fourth-order valence-electron chi connectivity index (χ4n) is 2.04. The minimum Gasteiger partial charge on any atom is -0.329 e. The van der Waals surface area contributed by atoms with E-state index < -0.39 is 0 Å². The summed E-state index contributed by atoms with van der Waals surface area (Å²) in [5, 5.41) is 0.413. The highest BCUT2D eigenvalue weighted by atomic mass is 35.5. The van der Waals surface area contributed by atoms with Gasteiger partial charge in [-0.1, -0.05) is 25.4 Å². The van der Waals surface area contributed by atoms with Gasteiger partial charge in [-0.3, -0.25) is 4.90 Å². The lowest BCUT2D eigenvalue weighted by molar-refractivity contribution is 0.223. The summed E-state index contributed by atoms with van der Waals surface area (Å²) >= 11 is 5.86. The summed E-state index contributed by atoms with van der Waals surface area (Å²) in [6, 6.07) is 4.59. The average molecular weight is 259 g/mol. The van der Waals surface area contributed by atoms with Crippen molar-refractivity contribution in [3.8, 4) is 0 Å². The molecule has 0 aliphatic carbocycles. The molecule has 0 fully saturated rings. The number of benzene rings is 1. The van der Waals surface area contributed by atoms with Gasteiger partial charge in [-0.2, -0.15) is 0 Å². The van der Waals surface area contributed by atoms with Crippen molar-refractivity contribution in [3.63, 3.8) is 0 Å². The average Bonchev–Trinajstić information content (AvgIpc) is 2.15. The van der Waals surface area contributed by atoms with Crippen LogP contribution in [-0.4, -0.2) is 25.0 Å². The van der Waals surface area contributed by atoms with Gasteiger partial charge in [0.05, 0.1) is 0 Å². The molecule has 1 unspecified atom stereocenters. The molecule has 0 aliphatic rings. The van der Waals surface area contributed by atoms with E-state index in [0.29, 0.717) is 17.5 Å². The van der Waals surface area contributed by atoms with Gasteiger partial charge in [-0.05, 0) is 36.7 Å². The van der Waals surface area contributed by atoms with Crippen molar-refractivity contribution in [2.75, 3.05) is 20.1 Å². The SMILES string of the molecule is CC(C)CN(C)C(CN)c1cc(F)cc(Cl)c1. The van der Waals surface area contributed by atoms with Gasteiger partial charge in [0, 0.05) is 24.2 Å². The Morgan fingerprint density at radius 1 is 1.35 bits per heavy atom. The second-order valence-electron chi connectivity index (χ2n) is 4.79. The molecule has 1 aromatic carbocycles. The number of nitrogens with zero attached hydrogens (tertiary/aromatic N) is 1. The maximum atomic E-state index is 13.3. The summed E-state index contributed by atoms with van der Waals surface area (Å²) in [5.74, 6) is 0.224. The number of hydrogen-bond donors (Lipinski definition) is 1. The number of rotatable bonds is 5. The van der Waals surface area contributed by atoms with Gasteiger partial charge in [0.25, 0.3) is 0 Å². The van der Waals surface area contributed by atoms with Crippen LogP contribution in [0.4, 0.5) is 4.39 Å². The van der Waals surface area contributed by atoms with Crippen LogP contribution in [0.25, 0.3) is 0 Å². The molecule has 0 heterocycles. The first-order valence-corrected chi connectivity index (χ1v) is 6.18. The quantitative estimate of drug-likeness (QED) is 0.880. The van der Waals surface area contributed by atoms with Crippen molar-refractivity contribution < 1.29 is 4.39 Å². The number of halogens is 2. The van der Waals surface area contributed by atoms with Crippen LogP contribution in [0.2, 0.25) is 5.02 Å². The summed E-state index contributed by atoms with van der Waals surface area (Å²) in [5.41, 5.74) is 6.61. The van der Waals surface area contributed by atoms with Crippen LogP contribution in [0.15, 0.2) is 18.2 Å². The highest BCUT2D eigenvalue weighted by Gasteiger charge is 2.17. The molecule has 4 heteroatoms. The molecule has 0 saturated carbocycles. The normalized spacial score (nSPS) is 13.4. The minimum absolute atomic E-state index is 0.00519. The van der Waals surface area contributed by atoms with Crippen molar-refractivity contribution >= 4 is 11.6 Å². The molecule has 0 spiro atoms. The van der Waals surface area contributed by atoms with E-state index in [9.17, 15) is 4.39 Å². The Kier molecular flexibility index (Phi) is 5.37. The van der Waals surface area contributed by atoms with E-state index in [2.05, 4.69) is 18.7 Å². The summed E-state index contributed by atoms with van der Waals surface area (Å²) in [4.78, 5) is 2.13. The molecule has 0 radical (unpaired) electrons. The van der Waals surface area contributed by atoms with E-state index in [-0.39, 0.29) is 11.9 Å². The minimum atomic E-state index is -0.316. The maximum Gasteiger partial charge on any atom is 0.125 e. The molecular formula is C13H20ClFN2. The molecule has 2 nitrogen and oxygen atoms in total. The zero-order chi connectivity index (χ0) is 13.0. The molecular weight excluding hydrogens is 239 g/mol. The highest BCUT2D eigenvalue weighted by molar-refractivity contribution is 6.30. The van der Waals surface area contributed by atoms with Crippen LogP contribution in [0.5, 0.6) is 0 Å². The van der Waals surface area contributed by atoms with E-state index in [4.69, 9.17) is 17.3 Å². The van der Waals surface area contributed by atoms with Gasteiger partial charge in [0.1, 0.15) is 5.82 Å². The molecule has 2 N–H and O–H groups in total. The Morgan fingerprint density at radius 3 is 2.47 bits per heavy atom. The summed E-state index contributed by atoms with van der Waals surface area (Å²) in [7, 11) is 2.00. The summed E-state index contributed by atoms with van der Waals surface area (Å²) < 4.78 is 13.3. The fourth-order valence-corrected chi connectivity index (χ4v) is 2.27. The van der Waals surface area contributed by atoms with Gasteiger partial charge in [0.2, 0.25) is 0 Å². The third kappa shape index (κ3) is 4.26. The lowest BCUT2D eigenvalue weighted by atomic mass is 10.0. The van der Waals surface area contributed by atoms with E-state index in [1.807, 2.05) is 7.05 Å². The number of nitrogens with two attached hydrogens (primary N) is 1. The standard InChI is InChI=1S/C13H20ClFN2/c1-9(2)8-17(3)13(7-16)10-4-11(14)6-12(15)5-10/h4-6,9,13H,7-8,16H2,1-3H3. The van der Waals surface area contributed by atoms with Gasteiger partial charge >= 0.3 is 0 Å². The van der Waals surface area contributed by atoms with Crippen LogP contribution in [0.1, 0.15) is 25.5 Å². The van der Waals surface area contributed by atoms with Crippen molar-refractivity contribution in [1.82, 2.24) is 4.90 Å². The summed E-state index contributed by atoms with van der Waals surface area (Å²) in [6.07, 6.45) is 0. The number of hydrogen-bond acceptors (Lipinski definition) is 2. The maximum absolute atomic E-state index is 13.3. The first kappa shape index (κ1) is 14.4. The van der Waals surface area contributed by atoms with Gasteiger partial charge in [-0.15, -0.1) is 0 Å². The molecule has 1 rings (SSSR count). The van der Waals surface area contributed by atoms with Gasteiger partial charge in [0.15, 0.2) is 0 Å². The number of likely N-dealkylation sites (N-methyl/N-ethyl adjacent to an activating group) is 1. The topological polar surface area (TPSA) is 29.3 Å². The monoisotopic (exact) mass is 258 g/mol. The molecule has 0 aliphatic heterocycles. The molecule has 17 heavy (non-hydrogen) atoms. The Hall–Kier alpha value is -0.640. The van der Waals surface area contributed by atoms with E-state index in [0.717, 1.165) is 12.1 Å². The molecule has 0 amide bonds. The Labute approximate surface area is 108 Å². The van der Waals surface area contributed by atoms with Crippen molar-refractivity contribution in [2.24, 2.45) is 11.7 Å². The third-order valence-corrected chi connectivity index (χ3v) is 2.90. The van der Waals surface area contributed by atoms with Crippen LogP contribution in [-0.2, 0) is 0 Å². The molecule has 0 bridgehead atoms. The van der Waals surface area contributed by atoms with Crippen LogP contribution in [0.3, 0.4) is 0 Å². The fraction of sp³-hybridized carbons (Fsp3) is 0.538. The largest absolute Gasteiger partial charge is 0.329 e. The van der Waals surface area contributed by atoms with Crippen LogP contribution in [0, 0.1) is 11.7 Å². The Bertz CT molecular complexity index is 348. The molecule has 96 valence electrons. The molecule has 1 atom stereocenters. The zero-order valence-corrected chi connectivity index (χ0v) is 11.3.